The zero-order valence-electron chi connectivity index (χ0n) is 22.4. The fraction of sp³-hybridized carbons (Fsp3) is 0.207. The number of hydrogen-bond donors (Lipinski definition) is 4. The number of anilines is 3. The molecule has 0 fully saturated rings. The molecule has 8 nitrogen and oxygen atoms in total. The topological polar surface area (TPSA) is 101 Å². The Balaban J connectivity index is 1.57. The third-order valence-electron chi connectivity index (χ3n) is 6.22. The minimum Gasteiger partial charge on any atom is -0.373 e. The summed E-state index contributed by atoms with van der Waals surface area (Å²) in [6.07, 6.45) is 4.41. The maximum atomic E-state index is 13.9. The molecule has 12 heteroatoms. The lowest BCUT2D eigenvalue weighted by molar-refractivity contribution is 0.191. The monoisotopic (exact) mass is 578 g/mol. The van der Waals surface area contributed by atoms with Crippen LogP contribution in [0.4, 0.5) is 30.2 Å². The summed E-state index contributed by atoms with van der Waals surface area (Å²) in [7, 11) is 0. The number of benzene rings is 2. The average molecular weight is 579 g/mol. The highest BCUT2D eigenvalue weighted by atomic mass is 35.5. The zero-order chi connectivity index (χ0) is 29.3. The molecular formula is C29H26ClF3N8. The van der Waals surface area contributed by atoms with Crippen molar-refractivity contribution >= 4 is 39.6 Å². The van der Waals surface area contributed by atoms with E-state index >= 15 is 0 Å². The number of nitriles is 1. The number of hydrogen-bond acceptors (Lipinski definition) is 8. The van der Waals surface area contributed by atoms with E-state index < -0.39 is 17.8 Å². The molecule has 0 saturated heterocycles. The first-order valence-electron chi connectivity index (χ1n) is 12.6. The van der Waals surface area contributed by atoms with Gasteiger partial charge in [-0.05, 0) is 35.2 Å². The van der Waals surface area contributed by atoms with Crippen LogP contribution >= 0.6 is 11.6 Å². The molecule has 0 aliphatic carbocycles. The molecule has 1 aliphatic rings. The number of halogens is 4. The highest BCUT2D eigenvalue weighted by molar-refractivity contribution is 6.36. The Labute approximate surface area is 239 Å². The molecule has 210 valence electrons. The first-order valence-corrected chi connectivity index (χ1v) is 13.0. The van der Waals surface area contributed by atoms with E-state index in [4.69, 9.17) is 11.6 Å². The molecule has 3 heterocycles. The average Bonchev–Trinajstić information content (AvgIpc) is 3.37. The molecule has 0 radical (unpaired) electrons. The fourth-order valence-corrected chi connectivity index (χ4v) is 4.74. The normalized spacial score (nSPS) is 13.9. The Bertz CT molecular complexity index is 1680. The number of aromatic nitrogens is 2. The van der Waals surface area contributed by atoms with Crippen LogP contribution in [0.25, 0.3) is 10.9 Å². The Morgan fingerprint density at radius 3 is 2.49 bits per heavy atom. The van der Waals surface area contributed by atoms with Gasteiger partial charge >= 0.3 is 0 Å². The largest absolute Gasteiger partial charge is 0.373 e. The van der Waals surface area contributed by atoms with Crippen molar-refractivity contribution in [2.75, 3.05) is 17.2 Å². The first kappa shape index (κ1) is 28.0. The van der Waals surface area contributed by atoms with Crippen molar-refractivity contribution in [3.05, 3.63) is 100 Å². The molecule has 2 aromatic carbocycles. The number of fused-ring (bicyclic) bond motifs is 1. The molecule has 2 aromatic heterocycles. The number of pyridine rings is 2. The van der Waals surface area contributed by atoms with Crippen molar-refractivity contribution in [2.24, 2.45) is 5.41 Å². The van der Waals surface area contributed by atoms with Crippen molar-refractivity contribution in [3.8, 4) is 6.07 Å². The molecule has 4 aromatic rings. The second kappa shape index (κ2) is 11.2. The molecule has 5 rings (SSSR count). The van der Waals surface area contributed by atoms with E-state index in [1.807, 2.05) is 11.2 Å². The van der Waals surface area contributed by atoms with Crippen molar-refractivity contribution in [2.45, 2.75) is 26.8 Å². The number of nitrogens with zero attached hydrogens (tertiary/aromatic N) is 4. The van der Waals surface area contributed by atoms with Crippen molar-refractivity contribution in [3.63, 3.8) is 0 Å². The van der Waals surface area contributed by atoms with Crippen LogP contribution in [0.15, 0.2) is 66.8 Å². The second-order valence-corrected chi connectivity index (χ2v) is 11.2. The van der Waals surface area contributed by atoms with E-state index in [1.165, 1.54) is 18.3 Å². The van der Waals surface area contributed by atoms with Gasteiger partial charge in [-0.1, -0.05) is 44.5 Å². The molecule has 4 N–H and O–H groups in total. The summed E-state index contributed by atoms with van der Waals surface area (Å²) in [6, 6.07) is 12.1. The summed E-state index contributed by atoms with van der Waals surface area (Å²) in [5.41, 5.74) is 9.45. The maximum absolute atomic E-state index is 13.9. The lowest BCUT2D eigenvalue weighted by atomic mass is 9.97. The van der Waals surface area contributed by atoms with Gasteiger partial charge in [0.25, 0.3) is 0 Å². The van der Waals surface area contributed by atoms with Crippen LogP contribution in [0, 0.1) is 34.3 Å². The quantitative estimate of drug-likeness (QED) is 0.180. The van der Waals surface area contributed by atoms with Gasteiger partial charge in [0.1, 0.15) is 11.9 Å². The minimum absolute atomic E-state index is 0.0170. The summed E-state index contributed by atoms with van der Waals surface area (Å²) in [5.74, 6) is -2.73. The van der Waals surface area contributed by atoms with Crippen LogP contribution in [0.1, 0.15) is 37.9 Å². The van der Waals surface area contributed by atoms with E-state index in [-0.39, 0.29) is 22.5 Å². The molecular weight excluding hydrogens is 553 g/mol. The van der Waals surface area contributed by atoms with Gasteiger partial charge in [0.05, 0.1) is 45.4 Å². The van der Waals surface area contributed by atoms with Gasteiger partial charge in [-0.3, -0.25) is 9.99 Å². The molecule has 41 heavy (non-hydrogen) atoms. The van der Waals surface area contributed by atoms with E-state index in [0.717, 1.165) is 30.1 Å². The Hall–Kier alpha value is -4.53. The van der Waals surface area contributed by atoms with Crippen molar-refractivity contribution in [1.29, 1.82) is 5.26 Å². The molecule has 0 unspecified atom stereocenters. The lowest BCUT2D eigenvalue weighted by Crippen LogP contribution is -2.41. The van der Waals surface area contributed by atoms with Gasteiger partial charge in [-0.15, -0.1) is 5.53 Å². The molecule has 0 saturated carbocycles. The number of hydrazine groups is 2. The van der Waals surface area contributed by atoms with Gasteiger partial charge in [-0.25, -0.2) is 13.8 Å². The van der Waals surface area contributed by atoms with Gasteiger partial charge in [0.15, 0.2) is 5.82 Å². The van der Waals surface area contributed by atoms with Gasteiger partial charge in [0.2, 0.25) is 5.95 Å². The van der Waals surface area contributed by atoms with Crippen molar-refractivity contribution in [1.82, 2.24) is 25.9 Å². The van der Waals surface area contributed by atoms with Crippen LogP contribution in [0.5, 0.6) is 0 Å². The summed E-state index contributed by atoms with van der Waals surface area (Å²) in [6.45, 7) is 7.09. The summed E-state index contributed by atoms with van der Waals surface area (Å²) in [5, 5.41) is 18.9. The highest BCUT2D eigenvalue weighted by Crippen LogP contribution is 2.37. The maximum Gasteiger partial charge on any atom is 0.249 e. The van der Waals surface area contributed by atoms with E-state index in [0.29, 0.717) is 27.3 Å². The van der Waals surface area contributed by atoms with Crippen LogP contribution in [-0.4, -0.2) is 21.5 Å². The van der Waals surface area contributed by atoms with E-state index in [1.54, 1.807) is 24.3 Å². The fourth-order valence-electron chi connectivity index (χ4n) is 4.47. The van der Waals surface area contributed by atoms with Gasteiger partial charge in [0, 0.05) is 36.1 Å². The Morgan fingerprint density at radius 2 is 1.80 bits per heavy atom. The predicted molar refractivity (Wildman–Crippen MR) is 152 cm³/mol. The minimum atomic E-state index is -1.23. The molecule has 1 atom stereocenters. The predicted octanol–water partition coefficient (Wildman–Crippen LogP) is 6.68. The van der Waals surface area contributed by atoms with Crippen LogP contribution in [-0.2, 0) is 0 Å². The van der Waals surface area contributed by atoms with E-state index in [2.05, 4.69) is 58.4 Å². The second-order valence-electron chi connectivity index (χ2n) is 10.8. The Kier molecular flexibility index (Phi) is 7.62. The summed E-state index contributed by atoms with van der Waals surface area (Å²) in [4.78, 5) is 7.75. The SMILES string of the molecule is CC(C)(C)CN1C=C([C@@H](Nc2cc(Cl)c3ncc(C#N)c(Nc4cnc(F)c(F)c4)c3c2)c2ccc(F)cc2)NN1. The van der Waals surface area contributed by atoms with Crippen LogP contribution in [0.3, 0.4) is 0 Å². The number of nitrogens with one attached hydrogen (secondary N) is 4. The Morgan fingerprint density at radius 1 is 1.05 bits per heavy atom. The third kappa shape index (κ3) is 6.29. The first-order chi connectivity index (χ1) is 19.5. The zero-order valence-corrected chi connectivity index (χ0v) is 23.1. The standard InChI is InChI=1S/C29H26ClF3N8/c1-29(2,3)15-41-14-24(39-40-41)26(16-4-6-18(31)7-5-16)37-19-8-21-25(38-20-10-23(32)28(33)36-13-20)17(11-34)12-35-27(21)22(30)9-19/h4-10,12-14,26,37,39-40H,15H2,1-3H3,(H,35,38)/t26-/m0/s1. The van der Waals surface area contributed by atoms with Crippen LogP contribution in [0.2, 0.25) is 5.02 Å². The van der Waals surface area contributed by atoms with Gasteiger partial charge < -0.3 is 16.1 Å². The van der Waals surface area contributed by atoms with Crippen molar-refractivity contribution < 1.29 is 13.2 Å². The smallest absolute Gasteiger partial charge is 0.249 e. The number of rotatable bonds is 7. The molecule has 0 spiro atoms. The molecule has 1 aliphatic heterocycles. The summed E-state index contributed by atoms with van der Waals surface area (Å²) >= 11 is 6.65. The molecule has 0 bridgehead atoms. The van der Waals surface area contributed by atoms with Crippen LogP contribution < -0.4 is 21.6 Å². The van der Waals surface area contributed by atoms with E-state index in [9.17, 15) is 18.4 Å². The van der Waals surface area contributed by atoms with Gasteiger partial charge in [-0.2, -0.15) is 9.65 Å². The third-order valence-corrected chi connectivity index (χ3v) is 6.51. The highest BCUT2D eigenvalue weighted by Gasteiger charge is 2.25. The lowest BCUT2D eigenvalue weighted by Gasteiger charge is -2.25. The summed E-state index contributed by atoms with van der Waals surface area (Å²) < 4.78 is 41.1. The molecule has 0 amide bonds.